The van der Waals surface area contributed by atoms with E-state index in [1.807, 2.05) is 11.8 Å². The van der Waals surface area contributed by atoms with Crippen molar-refractivity contribution in [3.05, 3.63) is 71.4 Å². The molecule has 30 heavy (non-hydrogen) atoms. The minimum atomic E-state index is -0.299. The highest BCUT2D eigenvalue weighted by atomic mass is 16.2. The molecule has 0 aromatic rings. The quantitative estimate of drug-likeness (QED) is 0.641. The van der Waals surface area contributed by atoms with Crippen molar-refractivity contribution < 1.29 is 7.65 Å². The maximum absolute atomic E-state index is 13.1. The molecule has 1 saturated heterocycles. The number of carbonyl (C=O) groups excluding carboxylic acids is 1. The molecule has 1 N–H and O–H groups in total. The predicted octanol–water partition coefficient (Wildman–Crippen LogP) is 5.61. The normalized spacial score (nSPS) is 30.6. The second-order valence-electron chi connectivity index (χ2n) is 9.64. The average molecular weight is 409 g/mol. The van der Waals surface area contributed by atoms with E-state index >= 15 is 0 Å². The van der Waals surface area contributed by atoms with Gasteiger partial charge in [0.05, 0.1) is 5.41 Å². The maximum atomic E-state index is 13.1. The zero-order chi connectivity index (χ0) is 21.5. The van der Waals surface area contributed by atoms with Gasteiger partial charge in [-0.25, -0.2) is 0 Å². The van der Waals surface area contributed by atoms with Crippen molar-refractivity contribution in [2.45, 2.75) is 46.5 Å². The van der Waals surface area contributed by atoms with Gasteiger partial charge in [-0.2, -0.15) is 0 Å². The molecule has 3 heteroatoms. The van der Waals surface area contributed by atoms with E-state index in [2.05, 4.69) is 62.7 Å². The summed E-state index contributed by atoms with van der Waals surface area (Å²) in [6.45, 7) is 18.5. The Bertz CT molecular complexity index is 901. The highest BCUT2D eigenvalue weighted by molar-refractivity contribution is 5.89. The molecule has 2 unspecified atom stereocenters. The maximum Gasteiger partial charge on any atom is 0.233 e. The standard InChI is InChI=1S/C27H36N2O.2H2/c1-6-29(7-2)25(30)27-9-8-21(15-22(27)17-27)24-18-26(10-12-28-13-11-26)16-20(5)23(24)14-19(3)4;;/h8-9,14-15,18,22,28H,3,5-7,10-13,16-17H2,1-2,4H3;2*1H/b23-14+;;. The van der Waals surface area contributed by atoms with E-state index in [9.17, 15) is 4.79 Å². The van der Waals surface area contributed by atoms with Gasteiger partial charge in [-0.15, -0.1) is 0 Å². The second-order valence-corrected chi connectivity index (χ2v) is 9.64. The van der Waals surface area contributed by atoms with Crippen molar-refractivity contribution in [2.75, 3.05) is 26.2 Å². The molecule has 0 radical (unpaired) electrons. The van der Waals surface area contributed by atoms with Gasteiger partial charge in [-0.05, 0) is 93.2 Å². The fraction of sp³-hybridized carbons (Fsp3) is 0.519. The summed E-state index contributed by atoms with van der Waals surface area (Å²) in [5.74, 6) is 0.607. The van der Waals surface area contributed by atoms with E-state index in [0.29, 0.717) is 11.8 Å². The average Bonchev–Trinajstić information content (AvgIpc) is 3.46. The van der Waals surface area contributed by atoms with Crippen LogP contribution in [-0.4, -0.2) is 37.0 Å². The van der Waals surface area contributed by atoms with Crippen LogP contribution in [0.2, 0.25) is 0 Å². The third-order valence-electron chi connectivity index (χ3n) is 7.44. The SMILES string of the molecule is C=C(C)/C=C1\C(=C)CC2(C=C1C1=CC3CC3(C(=O)N(CC)CC)C=C1)CCNCC2.[HH].[HH]. The van der Waals surface area contributed by atoms with Gasteiger partial charge in [-0.1, -0.05) is 49.1 Å². The summed E-state index contributed by atoms with van der Waals surface area (Å²) in [5, 5.41) is 3.50. The first-order valence-corrected chi connectivity index (χ1v) is 11.5. The lowest BCUT2D eigenvalue weighted by molar-refractivity contribution is -0.135. The highest BCUT2D eigenvalue weighted by Crippen LogP contribution is 2.59. The Morgan fingerprint density at radius 1 is 1.33 bits per heavy atom. The van der Waals surface area contributed by atoms with Crippen molar-refractivity contribution >= 4 is 5.91 Å². The first-order chi connectivity index (χ1) is 14.3. The summed E-state index contributed by atoms with van der Waals surface area (Å²) in [7, 11) is 0. The van der Waals surface area contributed by atoms with Crippen LogP contribution in [0.15, 0.2) is 71.4 Å². The molecule has 2 fully saturated rings. The van der Waals surface area contributed by atoms with E-state index in [0.717, 1.165) is 57.4 Å². The molecule has 0 aromatic heterocycles. The van der Waals surface area contributed by atoms with Crippen LogP contribution in [0, 0.1) is 16.7 Å². The molecule has 2 atom stereocenters. The number of piperidine rings is 1. The van der Waals surface area contributed by atoms with Crippen LogP contribution >= 0.6 is 0 Å². The van der Waals surface area contributed by atoms with Crippen LogP contribution in [0.25, 0.3) is 0 Å². The van der Waals surface area contributed by atoms with Gasteiger partial charge >= 0.3 is 0 Å². The Kier molecular flexibility index (Phi) is 5.52. The number of carbonyl (C=O) groups is 1. The van der Waals surface area contributed by atoms with Gasteiger partial charge < -0.3 is 10.2 Å². The first kappa shape index (κ1) is 21.1. The topological polar surface area (TPSA) is 32.3 Å². The Balaban J connectivity index is 0.00000181. The van der Waals surface area contributed by atoms with Gasteiger partial charge in [0.25, 0.3) is 0 Å². The Morgan fingerprint density at radius 3 is 2.63 bits per heavy atom. The number of allylic oxidation sites excluding steroid dienone is 9. The third kappa shape index (κ3) is 3.58. The predicted molar refractivity (Wildman–Crippen MR) is 129 cm³/mol. The summed E-state index contributed by atoms with van der Waals surface area (Å²) < 4.78 is 0. The molecule has 0 bridgehead atoms. The Morgan fingerprint density at radius 2 is 2.03 bits per heavy atom. The Hall–Kier alpha value is -2.13. The molecule has 1 heterocycles. The zero-order valence-corrected chi connectivity index (χ0v) is 18.9. The molecule has 0 aromatic carbocycles. The van der Waals surface area contributed by atoms with Crippen LogP contribution < -0.4 is 5.32 Å². The van der Waals surface area contributed by atoms with Gasteiger partial charge in [0.15, 0.2) is 0 Å². The molecule has 4 aliphatic rings. The van der Waals surface area contributed by atoms with E-state index < -0.39 is 0 Å². The van der Waals surface area contributed by atoms with Crippen molar-refractivity contribution in [1.82, 2.24) is 10.2 Å². The largest absolute Gasteiger partial charge is 0.342 e. The molecular weight excluding hydrogens is 368 g/mol. The van der Waals surface area contributed by atoms with Crippen LogP contribution in [0.5, 0.6) is 0 Å². The molecule has 1 saturated carbocycles. The van der Waals surface area contributed by atoms with E-state index in [4.69, 9.17) is 0 Å². The Labute approximate surface area is 185 Å². The number of hydrogen-bond donors (Lipinski definition) is 1. The summed E-state index contributed by atoms with van der Waals surface area (Å²) >= 11 is 0. The third-order valence-corrected chi connectivity index (χ3v) is 7.44. The number of amides is 1. The van der Waals surface area contributed by atoms with Gasteiger partial charge in [0.2, 0.25) is 5.91 Å². The van der Waals surface area contributed by atoms with Gasteiger partial charge in [0.1, 0.15) is 0 Å². The van der Waals surface area contributed by atoms with Crippen molar-refractivity contribution in [3.63, 3.8) is 0 Å². The molecule has 3 nitrogen and oxygen atoms in total. The molecular formula is C27H40N2O. The summed E-state index contributed by atoms with van der Waals surface area (Å²) in [4.78, 5) is 15.1. The number of rotatable bonds is 5. The molecule has 3 aliphatic carbocycles. The number of nitrogens with one attached hydrogen (secondary N) is 1. The van der Waals surface area contributed by atoms with Gasteiger partial charge in [-0.3, -0.25) is 4.79 Å². The minimum absolute atomic E-state index is 0. The van der Waals surface area contributed by atoms with Crippen LogP contribution in [0.1, 0.15) is 49.3 Å². The summed E-state index contributed by atoms with van der Waals surface area (Å²) in [6.07, 6.45) is 15.7. The van der Waals surface area contributed by atoms with Crippen molar-refractivity contribution in [3.8, 4) is 0 Å². The first-order valence-electron chi connectivity index (χ1n) is 11.5. The number of nitrogens with zero attached hydrogens (tertiary/aromatic N) is 1. The smallest absolute Gasteiger partial charge is 0.233 e. The molecule has 164 valence electrons. The molecule has 1 aliphatic heterocycles. The highest BCUT2D eigenvalue weighted by Gasteiger charge is 2.59. The van der Waals surface area contributed by atoms with Crippen LogP contribution in [-0.2, 0) is 4.79 Å². The second kappa shape index (κ2) is 7.85. The zero-order valence-electron chi connectivity index (χ0n) is 18.9. The molecule has 1 spiro atoms. The molecule has 4 rings (SSSR count). The fourth-order valence-electron chi connectivity index (χ4n) is 5.57. The molecule has 1 amide bonds. The minimum Gasteiger partial charge on any atom is -0.342 e. The number of hydrogen-bond acceptors (Lipinski definition) is 2. The van der Waals surface area contributed by atoms with Crippen molar-refractivity contribution in [2.24, 2.45) is 16.7 Å². The lowest BCUT2D eigenvalue weighted by Crippen LogP contribution is -2.38. The monoisotopic (exact) mass is 408 g/mol. The van der Waals surface area contributed by atoms with Gasteiger partial charge in [0, 0.05) is 15.9 Å². The summed E-state index contributed by atoms with van der Waals surface area (Å²) in [5.41, 5.74) is 5.95. The fourth-order valence-corrected chi connectivity index (χ4v) is 5.57. The van der Waals surface area contributed by atoms with E-state index in [-0.39, 0.29) is 13.7 Å². The van der Waals surface area contributed by atoms with E-state index in [1.165, 1.54) is 22.3 Å². The van der Waals surface area contributed by atoms with E-state index in [1.54, 1.807) is 0 Å². The van der Waals surface area contributed by atoms with Crippen molar-refractivity contribution in [1.29, 1.82) is 0 Å². The summed E-state index contributed by atoms with van der Waals surface area (Å²) in [6, 6.07) is 0. The number of fused-ring (bicyclic) bond motifs is 1. The van der Waals surface area contributed by atoms with Crippen LogP contribution in [0.3, 0.4) is 0 Å². The van der Waals surface area contributed by atoms with Crippen LogP contribution in [0.4, 0.5) is 0 Å². The lowest BCUT2D eigenvalue weighted by atomic mass is 9.66. The lowest BCUT2D eigenvalue weighted by Gasteiger charge is -2.41.